The van der Waals surface area contributed by atoms with Crippen LogP contribution in [-0.4, -0.2) is 36.1 Å². The molecule has 0 aliphatic heterocycles. The Labute approximate surface area is 111 Å². The summed E-state index contributed by atoms with van der Waals surface area (Å²) in [4.78, 5) is 6.72. The van der Waals surface area contributed by atoms with Crippen LogP contribution in [0, 0.1) is 0 Å². The van der Waals surface area contributed by atoms with Gasteiger partial charge in [0.1, 0.15) is 0 Å². The maximum absolute atomic E-state index is 5.64. The van der Waals surface area contributed by atoms with Crippen molar-refractivity contribution in [2.75, 3.05) is 26.2 Å². The van der Waals surface area contributed by atoms with Crippen LogP contribution in [0.5, 0.6) is 5.88 Å². The second-order valence-electron chi connectivity index (χ2n) is 4.81. The van der Waals surface area contributed by atoms with Gasteiger partial charge in [-0.2, -0.15) is 0 Å². The Balaban J connectivity index is 2.27. The van der Waals surface area contributed by atoms with E-state index < -0.39 is 0 Å². The Hall–Kier alpha value is -1.09. The van der Waals surface area contributed by atoms with Gasteiger partial charge in [-0.3, -0.25) is 0 Å². The molecule has 0 fully saturated rings. The SMILES string of the molecule is CCN(CC)CCCOc1ccc(C(C)C)cn1. The van der Waals surface area contributed by atoms with E-state index in [0.29, 0.717) is 5.92 Å². The maximum Gasteiger partial charge on any atom is 0.213 e. The molecule has 0 saturated carbocycles. The number of pyridine rings is 1. The van der Waals surface area contributed by atoms with Gasteiger partial charge in [0.15, 0.2) is 0 Å². The minimum atomic E-state index is 0.522. The predicted molar refractivity (Wildman–Crippen MR) is 76.2 cm³/mol. The van der Waals surface area contributed by atoms with E-state index >= 15 is 0 Å². The highest BCUT2D eigenvalue weighted by Gasteiger charge is 2.02. The second kappa shape index (κ2) is 8.09. The minimum absolute atomic E-state index is 0.522. The Kier molecular flexibility index (Phi) is 6.73. The van der Waals surface area contributed by atoms with Gasteiger partial charge in [-0.05, 0) is 31.0 Å². The third-order valence-electron chi connectivity index (χ3n) is 3.19. The molecule has 1 rings (SSSR count). The van der Waals surface area contributed by atoms with Gasteiger partial charge in [-0.1, -0.05) is 33.8 Å². The van der Waals surface area contributed by atoms with Crippen LogP contribution >= 0.6 is 0 Å². The average molecular weight is 250 g/mol. The van der Waals surface area contributed by atoms with Crippen LogP contribution in [0.3, 0.4) is 0 Å². The maximum atomic E-state index is 5.64. The highest BCUT2D eigenvalue weighted by molar-refractivity contribution is 5.20. The number of aromatic nitrogens is 1. The van der Waals surface area contributed by atoms with Crippen molar-refractivity contribution in [1.82, 2.24) is 9.88 Å². The van der Waals surface area contributed by atoms with Crippen LogP contribution in [0.4, 0.5) is 0 Å². The van der Waals surface area contributed by atoms with Crippen molar-refractivity contribution in [3.05, 3.63) is 23.9 Å². The molecular formula is C15H26N2O. The number of rotatable bonds is 8. The van der Waals surface area contributed by atoms with Gasteiger partial charge in [0.2, 0.25) is 5.88 Å². The summed E-state index contributed by atoms with van der Waals surface area (Å²) in [7, 11) is 0. The van der Waals surface area contributed by atoms with Crippen molar-refractivity contribution in [2.24, 2.45) is 0 Å². The quantitative estimate of drug-likeness (QED) is 0.662. The molecule has 0 aliphatic carbocycles. The molecule has 0 aliphatic rings. The lowest BCUT2D eigenvalue weighted by atomic mass is 10.1. The van der Waals surface area contributed by atoms with Crippen molar-refractivity contribution in [1.29, 1.82) is 0 Å². The highest BCUT2D eigenvalue weighted by Crippen LogP contribution is 2.15. The molecule has 102 valence electrons. The van der Waals surface area contributed by atoms with Gasteiger partial charge in [0.25, 0.3) is 0 Å². The first kappa shape index (κ1) is 15.0. The third-order valence-corrected chi connectivity index (χ3v) is 3.19. The topological polar surface area (TPSA) is 25.4 Å². The Morgan fingerprint density at radius 2 is 1.94 bits per heavy atom. The second-order valence-corrected chi connectivity index (χ2v) is 4.81. The van der Waals surface area contributed by atoms with Crippen LogP contribution in [0.15, 0.2) is 18.3 Å². The van der Waals surface area contributed by atoms with Gasteiger partial charge in [-0.15, -0.1) is 0 Å². The van der Waals surface area contributed by atoms with Crippen molar-refractivity contribution in [3.63, 3.8) is 0 Å². The molecule has 0 spiro atoms. The highest BCUT2D eigenvalue weighted by atomic mass is 16.5. The van der Waals surface area contributed by atoms with Gasteiger partial charge >= 0.3 is 0 Å². The summed E-state index contributed by atoms with van der Waals surface area (Å²) in [5, 5.41) is 0. The standard InChI is InChI=1S/C15H26N2O/c1-5-17(6-2)10-7-11-18-15-9-8-14(12-16-15)13(3)4/h8-9,12-13H,5-7,10-11H2,1-4H3. The molecule has 0 N–H and O–H groups in total. The first-order chi connectivity index (χ1) is 8.67. The Morgan fingerprint density at radius 1 is 1.22 bits per heavy atom. The molecule has 0 amide bonds. The monoisotopic (exact) mass is 250 g/mol. The van der Waals surface area contributed by atoms with E-state index in [1.807, 2.05) is 12.3 Å². The fraction of sp³-hybridized carbons (Fsp3) is 0.667. The number of ether oxygens (including phenoxy) is 1. The van der Waals surface area contributed by atoms with E-state index in [1.165, 1.54) is 5.56 Å². The molecule has 0 aromatic carbocycles. The van der Waals surface area contributed by atoms with Gasteiger partial charge in [-0.25, -0.2) is 4.98 Å². The summed E-state index contributed by atoms with van der Waals surface area (Å²) in [6, 6.07) is 4.06. The lowest BCUT2D eigenvalue weighted by Gasteiger charge is -2.17. The molecule has 3 heteroatoms. The molecule has 1 aromatic rings. The average Bonchev–Trinajstić information content (AvgIpc) is 2.39. The van der Waals surface area contributed by atoms with Crippen LogP contribution in [-0.2, 0) is 0 Å². The first-order valence-electron chi connectivity index (χ1n) is 6.98. The largest absolute Gasteiger partial charge is 0.478 e. The fourth-order valence-corrected chi connectivity index (χ4v) is 1.82. The lowest BCUT2D eigenvalue weighted by Crippen LogP contribution is -2.25. The molecule has 0 unspecified atom stereocenters. The molecule has 3 nitrogen and oxygen atoms in total. The van der Waals surface area contributed by atoms with Crippen molar-refractivity contribution in [2.45, 2.75) is 40.0 Å². The summed E-state index contributed by atoms with van der Waals surface area (Å²) >= 11 is 0. The molecule has 1 aromatic heterocycles. The fourth-order valence-electron chi connectivity index (χ4n) is 1.82. The molecule has 0 bridgehead atoms. The zero-order chi connectivity index (χ0) is 13.4. The minimum Gasteiger partial charge on any atom is -0.478 e. The molecule has 0 atom stereocenters. The normalized spacial score (nSPS) is 11.2. The van der Waals surface area contributed by atoms with Crippen molar-refractivity contribution >= 4 is 0 Å². The Morgan fingerprint density at radius 3 is 2.44 bits per heavy atom. The van der Waals surface area contributed by atoms with Crippen LogP contribution in [0.25, 0.3) is 0 Å². The zero-order valence-electron chi connectivity index (χ0n) is 12.1. The zero-order valence-corrected chi connectivity index (χ0v) is 12.1. The molecule has 0 radical (unpaired) electrons. The lowest BCUT2D eigenvalue weighted by molar-refractivity contribution is 0.244. The van der Waals surface area contributed by atoms with Gasteiger partial charge < -0.3 is 9.64 Å². The van der Waals surface area contributed by atoms with E-state index in [1.54, 1.807) is 0 Å². The van der Waals surface area contributed by atoms with E-state index in [9.17, 15) is 0 Å². The summed E-state index contributed by atoms with van der Waals surface area (Å²) in [5.74, 6) is 1.26. The summed E-state index contributed by atoms with van der Waals surface area (Å²) in [6.07, 6.45) is 2.96. The molecular weight excluding hydrogens is 224 g/mol. The van der Waals surface area contributed by atoms with Crippen LogP contribution in [0.2, 0.25) is 0 Å². The molecule has 18 heavy (non-hydrogen) atoms. The van der Waals surface area contributed by atoms with Gasteiger partial charge in [0.05, 0.1) is 6.61 Å². The molecule has 1 heterocycles. The Bertz CT molecular complexity index is 318. The summed E-state index contributed by atoms with van der Waals surface area (Å²) in [6.45, 7) is 12.8. The van der Waals surface area contributed by atoms with Crippen LogP contribution < -0.4 is 4.74 Å². The molecule has 0 saturated heterocycles. The van der Waals surface area contributed by atoms with Gasteiger partial charge in [0, 0.05) is 18.8 Å². The first-order valence-corrected chi connectivity index (χ1v) is 6.98. The summed E-state index contributed by atoms with van der Waals surface area (Å²) in [5.41, 5.74) is 1.26. The number of hydrogen-bond donors (Lipinski definition) is 0. The van der Waals surface area contributed by atoms with E-state index in [2.05, 4.69) is 43.6 Å². The van der Waals surface area contributed by atoms with Crippen molar-refractivity contribution in [3.8, 4) is 5.88 Å². The van der Waals surface area contributed by atoms with Crippen LogP contribution in [0.1, 0.15) is 45.6 Å². The van der Waals surface area contributed by atoms with Crippen molar-refractivity contribution < 1.29 is 4.74 Å². The predicted octanol–water partition coefficient (Wildman–Crippen LogP) is 3.32. The van der Waals surface area contributed by atoms with E-state index in [-0.39, 0.29) is 0 Å². The van der Waals surface area contributed by atoms with E-state index in [4.69, 9.17) is 4.74 Å². The smallest absolute Gasteiger partial charge is 0.213 e. The number of hydrogen-bond acceptors (Lipinski definition) is 3. The summed E-state index contributed by atoms with van der Waals surface area (Å²) < 4.78 is 5.64. The third kappa shape index (κ3) is 5.05. The van der Waals surface area contributed by atoms with E-state index in [0.717, 1.165) is 38.5 Å². The number of nitrogens with zero attached hydrogens (tertiary/aromatic N) is 2.